The average Bonchev–Trinajstić information content (AvgIpc) is 3.04. The van der Waals surface area contributed by atoms with Crippen molar-refractivity contribution in [2.24, 2.45) is 0 Å². The van der Waals surface area contributed by atoms with Crippen LogP contribution in [0.1, 0.15) is 24.2 Å². The molecule has 3 aromatic rings. The van der Waals surface area contributed by atoms with E-state index in [1.54, 1.807) is 24.3 Å². The molecule has 3 rings (SSSR count). The summed E-state index contributed by atoms with van der Waals surface area (Å²) in [4.78, 5) is 4.74. The molecule has 152 valence electrons. The highest BCUT2D eigenvalue weighted by Gasteiger charge is 2.16. The van der Waals surface area contributed by atoms with Gasteiger partial charge in [-0.25, -0.2) is 9.37 Å². The van der Waals surface area contributed by atoms with E-state index in [1.807, 2.05) is 41.8 Å². The summed E-state index contributed by atoms with van der Waals surface area (Å²) in [6.45, 7) is 1.79. The largest absolute Gasteiger partial charge is 0.396 e. The maximum Gasteiger partial charge on any atom is 0.145 e. The lowest BCUT2D eigenvalue weighted by Crippen LogP contribution is -2.16. The Labute approximate surface area is 169 Å². The van der Waals surface area contributed by atoms with Gasteiger partial charge in [0.25, 0.3) is 0 Å². The maximum atomic E-state index is 13.4. The summed E-state index contributed by atoms with van der Waals surface area (Å²) in [6, 6.07) is 15.9. The molecule has 0 aliphatic rings. The number of hydrogen-bond donors (Lipinski definition) is 3. The normalized spacial score (nSPS) is 13.7. The minimum atomic E-state index is -0.855. The first-order valence-electron chi connectivity index (χ1n) is 9.55. The zero-order chi connectivity index (χ0) is 20.8. The zero-order valence-corrected chi connectivity index (χ0v) is 16.2. The Morgan fingerprint density at radius 1 is 1.07 bits per heavy atom. The molecule has 0 radical (unpaired) electrons. The van der Waals surface area contributed by atoms with Gasteiger partial charge >= 0.3 is 0 Å². The van der Waals surface area contributed by atoms with Gasteiger partial charge in [0, 0.05) is 30.0 Å². The van der Waals surface area contributed by atoms with E-state index in [9.17, 15) is 14.6 Å². The molecule has 0 saturated carbocycles. The molecule has 0 bridgehead atoms. The van der Waals surface area contributed by atoms with E-state index in [2.05, 4.69) is 0 Å². The van der Waals surface area contributed by atoms with Gasteiger partial charge in [-0.15, -0.1) is 0 Å². The third kappa shape index (κ3) is 5.17. The summed E-state index contributed by atoms with van der Waals surface area (Å²) >= 11 is 0. The molecule has 6 heteroatoms. The van der Waals surface area contributed by atoms with Crippen LogP contribution in [0.2, 0.25) is 0 Å². The Hall–Kier alpha value is -2.80. The third-order valence-corrected chi connectivity index (χ3v) is 4.71. The van der Waals surface area contributed by atoms with Crippen LogP contribution in [0.25, 0.3) is 23.2 Å². The summed E-state index contributed by atoms with van der Waals surface area (Å²) in [6.07, 6.45) is 2.05. The molecule has 1 aromatic heterocycles. The predicted octanol–water partition coefficient (Wildman–Crippen LogP) is 3.49. The molecule has 0 saturated heterocycles. The Balaban J connectivity index is 1.97. The summed E-state index contributed by atoms with van der Waals surface area (Å²) in [7, 11) is 0. The van der Waals surface area contributed by atoms with E-state index in [0.29, 0.717) is 11.5 Å². The molecular weight excluding hydrogens is 371 g/mol. The second-order valence-corrected chi connectivity index (χ2v) is 6.91. The monoisotopic (exact) mass is 396 g/mol. The number of nitrogens with zero attached hydrogens (tertiary/aromatic N) is 2. The molecule has 2 unspecified atom stereocenters. The molecule has 0 aliphatic heterocycles. The van der Waals surface area contributed by atoms with Crippen LogP contribution in [0.15, 0.2) is 60.7 Å². The molecule has 2 aromatic carbocycles. The first kappa shape index (κ1) is 20.9. The molecular formula is C23H25FN2O3. The lowest BCUT2D eigenvalue weighted by atomic mass is 10.1. The molecule has 29 heavy (non-hydrogen) atoms. The first-order valence-corrected chi connectivity index (χ1v) is 9.55. The number of imidazole rings is 1. The van der Waals surface area contributed by atoms with Crippen LogP contribution >= 0.6 is 0 Å². The van der Waals surface area contributed by atoms with Crippen LogP contribution in [0, 0.1) is 12.7 Å². The number of aliphatic hydroxyl groups is 3. The van der Waals surface area contributed by atoms with E-state index in [4.69, 9.17) is 10.1 Å². The van der Waals surface area contributed by atoms with Crippen molar-refractivity contribution < 1.29 is 19.7 Å². The van der Waals surface area contributed by atoms with Gasteiger partial charge in [-0.2, -0.15) is 0 Å². The maximum absolute atomic E-state index is 13.4. The molecule has 2 atom stereocenters. The fraction of sp³-hybridized carbons (Fsp3) is 0.261. The van der Waals surface area contributed by atoms with Crippen molar-refractivity contribution >= 4 is 6.08 Å². The molecule has 0 spiro atoms. The van der Waals surface area contributed by atoms with Crippen LogP contribution < -0.4 is 0 Å². The van der Waals surface area contributed by atoms with E-state index in [-0.39, 0.29) is 25.3 Å². The van der Waals surface area contributed by atoms with Crippen LogP contribution in [0.5, 0.6) is 0 Å². The quantitative estimate of drug-likeness (QED) is 0.545. The van der Waals surface area contributed by atoms with Gasteiger partial charge in [0.1, 0.15) is 11.6 Å². The SMILES string of the molecule is Cc1c(/C=C/C(O)CC(O)CCO)nc(-c2ccccc2)n1-c1ccc(F)cc1. The summed E-state index contributed by atoms with van der Waals surface area (Å²) < 4.78 is 15.3. The van der Waals surface area contributed by atoms with E-state index < -0.39 is 12.2 Å². The van der Waals surface area contributed by atoms with Crippen LogP contribution in [-0.4, -0.2) is 43.7 Å². The lowest BCUT2D eigenvalue weighted by molar-refractivity contribution is 0.0827. The third-order valence-electron chi connectivity index (χ3n) is 4.71. The molecule has 0 aliphatic carbocycles. The minimum Gasteiger partial charge on any atom is -0.396 e. The number of aliphatic hydroxyl groups excluding tert-OH is 3. The topological polar surface area (TPSA) is 78.5 Å². The van der Waals surface area contributed by atoms with Crippen molar-refractivity contribution in [3.63, 3.8) is 0 Å². The number of aromatic nitrogens is 2. The molecule has 5 nitrogen and oxygen atoms in total. The van der Waals surface area contributed by atoms with Crippen molar-refractivity contribution in [1.82, 2.24) is 9.55 Å². The van der Waals surface area contributed by atoms with Gasteiger partial charge in [-0.3, -0.25) is 4.57 Å². The highest BCUT2D eigenvalue weighted by Crippen LogP contribution is 2.27. The molecule has 0 fully saturated rings. The summed E-state index contributed by atoms with van der Waals surface area (Å²) in [5.41, 5.74) is 3.21. The average molecular weight is 396 g/mol. The van der Waals surface area contributed by atoms with Gasteiger partial charge in [0.05, 0.1) is 17.9 Å². The standard InChI is InChI=1S/C23H25FN2O3/c1-16-22(12-11-20(28)15-21(29)13-14-27)25-23(17-5-3-2-4-6-17)26(16)19-9-7-18(24)8-10-19/h2-12,20-21,27-29H,13-15H2,1H3/b12-11+. The predicted molar refractivity (Wildman–Crippen MR) is 111 cm³/mol. The zero-order valence-electron chi connectivity index (χ0n) is 16.2. The van der Waals surface area contributed by atoms with Crippen LogP contribution in [0.3, 0.4) is 0 Å². The van der Waals surface area contributed by atoms with Crippen molar-refractivity contribution in [3.05, 3.63) is 77.9 Å². The Kier molecular flexibility index (Phi) is 6.93. The molecule has 3 N–H and O–H groups in total. The number of hydrogen-bond acceptors (Lipinski definition) is 4. The Morgan fingerprint density at radius 3 is 2.41 bits per heavy atom. The molecule has 0 amide bonds. The van der Waals surface area contributed by atoms with Crippen molar-refractivity contribution in [3.8, 4) is 17.1 Å². The van der Waals surface area contributed by atoms with Crippen molar-refractivity contribution in [2.75, 3.05) is 6.61 Å². The van der Waals surface area contributed by atoms with Gasteiger partial charge in [0.15, 0.2) is 0 Å². The minimum absolute atomic E-state index is 0.126. The second kappa shape index (κ2) is 9.60. The highest BCUT2D eigenvalue weighted by molar-refractivity contribution is 5.64. The fourth-order valence-electron chi connectivity index (χ4n) is 3.19. The lowest BCUT2D eigenvalue weighted by Gasteiger charge is -2.11. The number of benzene rings is 2. The van der Waals surface area contributed by atoms with Crippen molar-refractivity contribution in [2.45, 2.75) is 32.0 Å². The highest BCUT2D eigenvalue weighted by atomic mass is 19.1. The van der Waals surface area contributed by atoms with E-state index in [0.717, 1.165) is 16.9 Å². The van der Waals surface area contributed by atoms with Gasteiger partial charge in [0.2, 0.25) is 0 Å². The fourth-order valence-corrected chi connectivity index (χ4v) is 3.19. The molecule has 1 heterocycles. The first-order chi connectivity index (χ1) is 14.0. The Morgan fingerprint density at radius 2 is 1.76 bits per heavy atom. The number of rotatable bonds is 8. The van der Waals surface area contributed by atoms with E-state index in [1.165, 1.54) is 12.1 Å². The Bertz CT molecular complexity index is 952. The smallest absolute Gasteiger partial charge is 0.145 e. The van der Waals surface area contributed by atoms with E-state index >= 15 is 0 Å². The van der Waals surface area contributed by atoms with Crippen molar-refractivity contribution in [1.29, 1.82) is 0 Å². The summed E-state index contributed by atoms with van der Waals surface area (Å²) in [5, 5.41) is 28.7. The van der Waals surface area contributed by atoms with Gasteiger partial charge in [-0.05, 0) is 43.7 Å². The summed E-state index contributed by atoms with van der Waals surface area (Å²) in [5.74, 6) is 0.404. The van der Waals surface area contributed by atoms with Gasteiger partial charge < -0.3 is 15.3 Å². The second-order valence-electron chi connectivity index (χ2n) is 6.91. The number of halogens is 1. The van der Waals surface area contributed by atoms with Crippen LogP contribution in [-0.2, 0) is 0 Å². The van der Waals surface area contributed by atoms with Gasteiger partial charge in [-0.1, -0.05) is 36.4 Å². The van der Waals surface area contributed by atoms with Crippen LogP contribution in [0.4, 0.5) is 4.39 Å².